The fraction of sp³-hybridized carbons (Fsp3) is 0.387. The third-order valence-electron chi connectivity index (χ3n) is 6.59. The Balaban J connectivity index is 1.50. The van der Waals surface area contributed by atoms with Crippen molar-refractivity contribution in [1.82, 2.24) is 0 Å². The average molecular weight is 505 g/mol. The van der Waals surface area contributed by atoms with Crippen molar-refractivity contribution >= 4 is 23.8 Å². The van der Waals surface area contributed by atoms with Gasteiger partial charge in [0.1, 0.15) is 11.5 Å². The molecule has 0 radical (unpaired) electrons. The van der Waals surface area contributed by atoms with Gasteiger partial charge in [0.15, 0.2) is 5.78 Å². The van der Waals surface area contributed by atoms with E-state index >= 15 is 0 Å². The number of benzene rings is 2. The van der Waals surface area contributed by atoms with Crippen molar-refractivity contribution in [2.24, 2.45) is 17.8 Å². The van der Waals surface area contributed by atoms with Gasteiger partial charge in [0.05, 0.1) is 18.8 Å². The molecule has 0 unspecified atom stereocenters. The maximum Gasteiger partial charge on any atom is 0.343 e. The van der Waals surface area contributed by atoms with Crippen LogP contribution in [-0.4, -0.2) is 30.9 Å². The number of unbranched alkanes of at least 4 members (excludes halogenated alkanes) is 1. The molecule has 0 bridgehead atoms. The molecule has 0 N–H and O–H groups in total. The molecule has 1 aliphatic carbocycles. The topological polar surface area (TPSA) is 78.9 Å². The lowest BCUT2D eigenvalue weighted by Crippen LogP contribution is -2.30. The Hall–Kier alpha value is -3.67. The van der Waals surface area contributed by atoms with Crippen molar-refractivity contribution in [3.05, 3.63) is 77.9 Å². The number of Topliss-reactive ketones (excluding diaryl/α,β-unsaturated/α-hetero) is 1. The van der Waals surface area contributed by atoms with Crippen molar-refractivity contribution in [3.8, 4) is 11.5 Å². The Labute approximate surface area is 219 Å². The van der Waals surface area contributed by atoms with Crippen LogP contribution in [0.2, 0.25) is 0 Å². The fourth-order valence-electron chi connectivity index (χ4n) is 4.31. The summed E-state index contributed by atoms with van der Waals surface area (Å²) in [5.41, 5.74) is 2.21. The van der Waals surface area contributed by atoms with E-state index in [-0.39, 0.29) is 17.6 Å². The second-order valence-corrected chi connectivity index (χ2v) is 9.70. The first-order chi connectivity index (χ1) is 17.8. The largest absolute Gasteiger partial charge is 0.494 e. The zero-order valence-corrected chi connectivity index (χ0v) is 21.9. The van der Waals surface area contributed by atoms with Gasteiger partial charge in [-0.05, 0) is 91.1 Å². The van der Waals surface area contributed by atoms with Gasteiger partial charge in [-0.1, -0.05) is 39.5 Å². The molecule has 37 heavy (non-hydrogen) atoms. The third kappa shape index (κ3) is 8.17. The average Bonchev–Trinajstić information content (AvgIpc) is 2.89. The molecule has 0 spiro atoms. The molecule has 3 rings (SSSR count). The highest BCUT2D eigenvalue weighted by atomic mass is 16.5. The molecule has 1 saturated carbocycles. The smallest absolute Gasteiger partial charge is 0.343 e. The molecule has 0 amide bonds. The van der Waals surface area contributed by atoms with Crippen LogP contribution in [0.5, 0.6) is 11.5 Å². The molecular weight excluding hydrogens is 468 g/mol. The van der Waals surface area contributed by atoms with Crippen LogP contribution in [0.3, 0.4) is 0 Å². The number of rotatable bonds is 11. The zero-order valence-electron chi connectivity index (χ0n) is 21.9. The number of ketones is 1. The van der Waals surface area contributed by atoms with Crippen molar-refractivity contribution in [3.63, 3.8) is 0 Å². The first-order valence-corrected chi connectivity index (χ1v) is 12.9. The predicted octanol–water partition coefficient (Wildman–Crippen LogP) is 6.45. The van der Waals surface area contributed by atoms with Gasteiger partial charge in [-0.15, -0.1) is 0 Å². The van der Waals surface area contributed by atoms with Crippen LogP contribution in [-0.2, 0) is 14.3 Å². The summed E-state index contributed by atoms with van der Waals surface area (Å²) in [5, 5.41) is 0. The van der Waals surface area contributed by atoms with Crippen LogP contribution in [0.15, 0.2) is 66.8 Å². The summed E-state index contributed by atoms with van der Waals surface area (Å²) < 4.78 is 16.1. The van der Waals surface area contributed by atoms with Crippen LogP contribution in [0.4, 0.5) is 0 Å². The maximum absolute atomic E-state index is 12.9. The molecular formula is C31H36O6. The van der Waals surface area contributed by atoms with E-state index in [0.29, 0.717) is 42.6 Å². The van der Waals surface area contributed by atoms with Crippen LogP contribution in [0, 0.1) is 17.8 Å². The van der Waals surface area contributed by atoms with E-state index in [9.17, 15) is 14.4 Å². The fourth-order valence-corrected chi connectivity index (χ4v) is 4.31. The van der Waals surface area contributed by atoms with E-state index in [2.05, 4.69) is 27.4 Å². The molecule has 0 saturated heterocycles. The highest BCUT2D eigenvalue weighted by molar-refractivity contribution is 6.02. The molecule has 1 fully saturated rings. The van der Waals surface area contributed by atoms with Gasteiger partial charge in [-0.25, -0.2) is 9.59 Å². The van der Waals surface area contributed by atoms with E-state index in [4.69, 9.17) is 14.2 Å². The Kier molecular flexibility index (Phi) is 10.2. The molecule has 0 aliphatic heterocycles. The zero-order chi connectivity index (χ0) is 26.8. The van der Waals surface area contributed by atoms with Gasteiger partial charge < -0.3 is 14.2 Å². The summed E-state index contributed by atoms with van der Waals surface area (Å²) >= 11 is 0. The Bertz CT molecular complexity index is 1110. The van der Waals surface area contributed by atoms with E-state index in [0.717, 1.165) is 36.5 Å². The third-order valence-corrected chi connectivity index (χ3v) is 6.59. The lowest BCUT2D eigenvalue weighted by molar-refractivity contribution is -0.137. The first kappa shape index (κ1) is 27.9. The van der Waals surface area contributed by atoms with Gasteiger partial charge in [-0.2, -0.15) is 0 Å². The van der Waals surface area contributed by atoms with Crippen molar-refractivity contribution in [2.75, 3.05) is 13.2 Å². The van der Waals surface area contributed by atoms with Crippen LogP contribution >= 0.6 is 0 Å². The Morgan fingerprint density at radius 1 is 0.973 bits per heavy atom. The normalized spacial score (nSPS) is 18.5. The van der Waals surface area contributed by atoms with Crippen LogP contribution in [0.1, 0.15) is 62.4 Å². The van der Waals surface area contributed by atoms with Crippen LogP contribution in [0.25, 0.3) is 6.08 Å². The number of hydrogen-bond donors (Lipinski definition) is 0. The highest BCUT2D eigenvalue weighted by Crippen LogP contribution is 2.35. The monoisotopic (exact) mass is 504 g/mol. The SMILES string of the molecule is C=CC(=O)OCCCCOc1ccc(C(=O)Oc2ccc(C=C3C(=O)[C@H](C(C)C)CC[C@@H]3C)cc2)cc1. The quantitative estimate of drug-likeness (QED) is 0.151. The summed E-state index contributed by atoms with van der Waals surface area (Å²) in [5.74, 6) is 1.12. The van der Waals surface area contributed by atoms with Crippen LogP contribution < -0.4 is 9.47 Å². The molecule has 2 aromatic carbocycles. The lowest BCUT2D eigenvalue weighted by atomic mass is 9.73. The standard InChI is InChI=1S/C31H36O6/c1-5-29(32)36-19-7-6-18-35-25-15-11-24(12-16-25)31(34)37-26-13-9-23(10-14-26)20-28-22(4)8-17-27(21(2)3)30(28)33/h5,9-16,20-22,27H,1,6-8,17-19H2,2-4H3/t22-,27-/m0/s1. The van der Waals surface area contributed by atoms with Gasteiger partial charge in [0, 0.05) is 12.0 Å². The second kappa shape index (κ2) is 13.6. The van der Waals surface area contributed by atoms with E-state index < -0.39 is 11.9 Å². The number of carbonyl (C=O) groups excluding carboxylic acids is 3. The number of carbonyl (C=O) groups is 3. The van der Waals surface area contributed by atoms with E-state index in [1.165, 1.54) is 0 Å². The van der Waals surface area contributed by atoms with E-state index in [1.807, 2.05) is 18.2 Å². The van der Waals surface area contributed by atoms with Gasteiger partial charge in [0.2, 0.25) is 0 Å². The predicted molar refractivity (Wildman–Crippen MR) is 143 cm³/mol. The number of ether oxygens (including phenoxy) is 3. The number of esters is 2. The van der Waals surface area contributed by atoms with Crippen molar-refractivity contribution < 1.29 is 28.6 Å². The van der Waals surface area contributed by atoms with Gasteiger partial charge >= 0.3 is 11.9 Å². The van der Waals surface area contributed by atoms with Crippen molar-refractivity contribution in [1.29, 1.82) is 0 Å². The van der Waals surface area contributed by atoms with E-state index in [1.54, 1.807) is 36.4 Å². The highest BCUT2D eigenvalue weighted by Gasteiger charge is 2.32. The maximum atomic E-state index is 12.9. The molecule has 0 aromatic heterocycles. The first-order valence-electron chi connectivity index (χ1n) is 12.9. The summed E-state index contributed by atoms with van der Waals surface area (Å²) in [6.45, 7) is 10.5. The minimum absolute atomic E-state index is 0.0911. The Morgan fingerprint density at radius 2 is 1.62 bits per heavy atom. The molecule has 0 heterocycles. The summed E-state index contributed by atoms with van der Waals surface area (Å²) in [6, 6.07) is 14.0. The summed E-state index contributed by atoms with van der Waals surface area (Å²) in [6.07, 6.45) is 6.50. The molecule has 6 nitrogen and oxygen atoms in total. The second-order valence-electron chi connectivity index (χ2n) is 9.70. The minimum Gasteiger partial charge on any atom is -0.494 e. The van der Waals surface area contributed by atoms with Crippen molar-refractivity contribution in [2.45, 2.75) is 46.5 Å². The molecule has 2 atom stereocenters. The number of hydrogen-bond acceptors (Lipinski definition) is 6. The molecule has 196 valence electrons. The van der Waals surface area contributed by atoms with Gasteiger partial charge in [-0.3, -0.25) is 4.79 Å². The molecule has 6 heteroatoms. The minimum atomic E-state index is -0.461. The Morgan fingerprint density at radius 3 is 2.27 bits per heavy atom. The summed E-state index contributed by atoms with van der Waals surface area (Å²) in [4.78, 5) is 36.5. The van der Waals surface area contributed by atoms with Gasteiger partial charge in [0.25, 0.3) is 0 Å². The summed E-state index contributed by atoms with van der Waals surface area (Å²) in [7, 11) is 0. The molecule has 1 aliphatic rings. The lowest BCUT2D eigenvalue weighted by Gasteiger charge is -2.30. The number of allylic oxidation sites excluding steroid dienone is 1. The molecule has 2 aromatic rings.